The van der Waals surface area contributed by atoms with E-state index in [1.54, 1.807) is 40.5 Å². The zero-order valence-corrected chi connectivity index (χ0v) is 18.4. The number of pyridine rings is 1. The Hall–Kier alpha value is -2.98. The van der Waals surface area contributed by atoms with Crippen LogP contribution < -0.4 is 5.32 Å². The summed E-state index contributed by atoms with van der Waals surface area (Å²) >= 11 is 1.57. The van der Waals surface area contributed by atoms with E-state index in [0.717, 1.165) is 4.88 Å². The first-order valence-corrected chi connectivity index (χ1v) is 12.6. The Bertz CT molecular complexity index is 1360. The Balaban J connectivity index is 1.62. The van der Waals surface area contributed by atoms with Crippen LogP contribution in [0.25, 0.3) is 22.5 Å². The van der Waals surface area contributed by atoms with E-state index in [9.17, 15) is 13.2 Å². The van der Waals surface area contributed by atoms with Crippen molar-refractivity contribution in [2.75, 3.05) is 11.5 Å². The molecule has 0 radical (unpaired) electrons. The molecule has 0 aromatic carbocycles. The Kier molecular flexibility index (Phi) is 4.90. The number of thiophene rings is 1. The van der Waals surface area contributed by atoms with Gasteiger partial charge < -0.3 is 9.73 Å². The lowest BCUT2D eigenvalue weighted by Crippen LogP contribution is -2.23. The Morgan fingerprint density at radius 1 is 1.35 bits per heavy atom. The van der Waals surface area contributed by atoms with Gasteiger partial charge in [0.2, 0.25) is 0 Å². The van der Waals surface area contributed by atoms with Gasteiger partial charge in [0, 0.05) is 4.88 Å². The number of nitrogens with one attached hydrogen (secondary N) is 1. The molecule has 4 aromatic heterocycles. The number of aromatic nitrogens is 3. The minimum Gasteiger partial charge on any atom is -0.463 e. The summed E-state index contributed by atoms with van der Waals surface area (Å²) in [6, 6.07) is 8.83. The molecule has 10 heteroatoms. The molecule has 160 valence electrons. The summed E-state index contributed by atoms with van der Waals surface area (Å²) in [6.45, 7) is 2.23. The first kappa shape index (κ1) is 20.0. The number of hydrogen-bond donors (Lipinski definition) is 1. The Morgan fingerprint density at radius 2 is 2.23 bits per heavy atom. The van der Waals surface area contributed by atoms with Crippen molar-refractivity contribution in [2.24, 2.45) is 0 Å². The third-order valence-corrected chi connectivity index (χ3v) is 8.04. The number of aryl methyl sites for hydroxylation is 1. The van der Waals surface area contributed by atoms with Crippen LogP contribution in [0.2, 0.25) is 0 Å². The second kappa shape index (κ2) is 7.61. The first-order valence-electron chi connectivity index (χ1n) is 9.86. The van der Waals surface area contributed by atoms with Gasteiger partial charge in [-0.1, -0.05) is 6.07 Å². The third kappa shape index (κ3) is 3.77. The van der Waals surface area contributed by atoms with Crippen molar-refractivity contribution in [1.29, 1.82) is 0 Å². The SMILES string of the molecule is Cc1nn(C2CCS(=O)(=O)C2)c2nc(-c3ccco3)cc(C(=O)NCc3cccs3)c12. The van der Waals surface area contributed by atoms with E-state index < -0.39 is 9.84 Å². The van der Waals surface area contributed by atoms with Crippen molar-refractivity contribution < 1.29 is 17.6 Å². The molecule has 0 aliphatic carbocycles. The fourth-order valence-electron chi connectivity index (χ4n) is 3.94. The number of furan rings is 1. The summed E-state index contributed by atoms with van der Waals surface area (Å²) in [4.78, 5) is 18.9. The second-order valence-electron chi connectivity index (χ2n) is 7.58. The molecule has 1 atom stereocenters. The van der Waals surface area contributed by atoms with Crippen molar-refractivity contribution in [2.45, 2.75) is 25.9 Å². The van der Waals surface area contributed by atoms with Crippen molar-refractivity contribution in [3.8, 4) is 11.5 Å². The predicted molar refractivity (Wildman–Crippen MR) is 118 cm³/mol. The lowest BCUT2D eigenvalue weighted by Gasteiger charge is -2.11. The highest BCUT2D eigenvalue weighted by Crippen LogP contribution is 2.32. The van der Waals surface area contributed by atoms with Crippen LogP contribution in [-0.2, 0) is 16.4 Å². The zero-order valence-electron chi connectivity index (χ0n) is 16.7. The van der Waals surface area contributed by atoms with Gasteiger partial charge in [-0.3, -0.25) is 4.79 Å². The molecule has 1 amide bonds. The molecule has 1 aliphatic rings. The minimum atomic E-state index is -3.10. The second-order valence-corrected chi connectivity index (χ2v) is 10.8. The van der Waals surface area contributed by atoms with Gasteiger partial charge in [-0.15, -0.1) is 11.3 Å². The standard InChI is InChI=1S/C21H20N4O4S2/c1-13-19-16(21(26)22-11-15-4-3-8-30-15)10-17(18-5-2-7-29-18)23-20(19)25(24-13)14-6-9-31(27,28)12-14/h2-5,7-8,10,14H,6,9,11-12H2,1H3,(H,22,26). The minimum absolute atomic E-state index is 0.0236. The summed E-state index contributed by atoms with van der Waals surface area (Å²) in [5.41, 5.74) is 2.08. The van der Waals surface area contributed by atoms with E-state index in [1.165, 1.54) is 0 Å². The van der Waals surface area contributed by atoms with Crippen LogP contribution in [0.3, 0.4) is 0 Å². The molecule has 5 rings (SSSR count). The predicted octanol–water partition coefficient (Wildman–Crippen LogP) is 3.35. The topological polar surface area (TPSA) is 107 Å². The number of fused-ring (bicyclic) bond motifs is 1. The Morgan fingerprint density at radius 3 is 2.90 bits per heavy atom. The van der Waals surface area contributed by atoms with Crippen molar-refractivity contribution >= 4 is 38.1 Å². The van der Waals surface area contributed by atoms with Gasteiger partial charge in [0.15, 0.2) is 21.2 Å². The van der Waals surface area contributed by atoms with E-state index in [4.69, 9.17) is 9.40 Å². The lowest BCUT2D eigenvalue weighted by atomic mass is 10.1. The average Bonchev–Trinajstić information content (AvgIpc) is 3.53. The highest BCUT2D eigenvalue weighted by atomic mass is 32.2. The quantitative estimate of drug-likeness (QED) is 0.494. The fourth-order valence-corrected chi connectivity index (χ4v) is 6.28. The average molecular weight is 457 g/mol. The number of carbonyl (C=O) groups excluding carboxylic acids is 1. The molecule has 1 fully saturated rings. The van der Waals surface area contributed by atoms with E-state index >= 15 is 0 Å². The van der Waals surface area contributed by atoms with Gasteiger partial charge in [0.1, 0.15) is 5.69 Å². The molecule has 0 saturated carbocycles. The van der Waals surface area contributed by atoms with E-state index in [1.807, 2.05) is 24.4 Å². The monoisotopic (exact) mass is 456 g/mol. The van der Waals surface area contributed by atoms with Gasteiger partial charge in [0.25, 0.3) is 5.91 Å². The summed E-state index contributed by atoms with van der Waals surface area (Å²) < 4.78 is 31.3. The molecule has 0 bridgehead atoms. The van der Waals surface area contributed by atoms with Gasteiger partial charge in [-0.2, -0.15) is 5.10 Å². The van der Waals surface area contributed by atoms with Crippen LogP contribution in [-0.4, -0.2) is 40.6 Å². The summed E-state index contributed by atoms with van der Waals surface area (Å²) in [5.74, 6) is 0.439. The van der Waals surface area contributed by atoms with Crippen LogP contribution in [0.5, 0.6) is 0 Å². The molecule has 8 nitrogen and oxygen atoms in total. The number of amides is 1. The lowest BCUT2D eigenvalue weighted by molar-refractivity contribution is 0.0953. The highest BCUT2D eigenvalue weighted by molar-refractivity contribution is 7.91. The summed E-state index contributed by atoms with van der Waals surface area (Å²) in [7, 11) is -3.10. The number of carbonyl (C=O) groups is 1. The van der Waals surface area contributed by atoms with E-state index in [0.29, 0.717) is 46.7 Å². The summed E-state index contributed by atoms with van der Waals surface area (Å²) in [6.07, 6.45) is 2.02. The number of hydrogen-bond acceptors (Lipinski definition) is 7. The van der Waals surface area contributed by atoms with Gasteiger partial charge in [-0.05, 0) is 43.0 Å². The molecule has 1 unspecified atom stereocenters. The highest BCUT2D eigenvalue weighted by Gasteiger charge is 2.32. The molecule has 5 heterocycles. The van der Waals surface area contributed by atoms with Crippen LogP contribution in [0.4, 0.5) is 0 Å². The molecular formula is C21H20N4O4S2. The number of sulfone groups is 1. The smallest absolute Gasteiger partial charge is 0.252 e. The molecule has 1 aliphatic heterocycles. The van der Waals surface area contributed by atoms with Crippen molar-refractivity contribution in [3.63, 3.8) is 0 Å². The normalized spacial score (nSPS) is 17.9. The largest absolute Gasteiger partial charge is 0.463 e. The van der Waals surface area contributed by atoms with Gasteiger partial charge in [-0.25, -0.2) is 18.1 Å². The van der Waals surface area contributed by atoms with E-state index in [2.05, 4.69) is 10.4 Å². The van der Waals surface area contributed by atoms with E-state index in [-0.39, 0.29) is 23.5 Å². The number of rotatable bonds is 5. The van der Waals surface area contributed by atoms with Crippen molar-refractivity contribution in [3.05, 3.63) is 58.1 Å². The maximum atomic E-state index is 13.2. The molecular weight excluding hydrogens is 436 g/mol. The molecule has 4 aromatic rings. The van der Waals surface area contributed by atoms with Gasteiger partial charge >= 0.3 is 0 Å². The Labute approximate surface area is 182 Å². The molecule has 0 spiro atoms. The molecule has 1 saturated heterocycles. The van der Waals surface area contributed by atoms with Crippen LogP contribution >= 0.6 is 11.3 Å². The van der Waals surface area contributed by atoms with Crippen molar-refractivity contribution in [1.82, 2.24) is 20.1 Å². The maximum Gasteiger partial charge on any atom is 0.252 e. The zero-order chi connectivity index (χ0) is 21.6. The number of nitrogens with zero attached hydrogens (tertiary/aromatic N) is 3. The van der Waals surface area contributed by atoms with Crippen LogP contribution in [0.1, 0.15) is 33.4 Å². The van der Waals surface area contributed by atoms with Crippen LogP contribution in [0.15, 0.2) is 46.4 Å². The summed E-state index contributed by atoms with van der Waals surface area (Å²) in [5, 5.41) is 10.2. The van der Waals surface area contributed by atoms with Crippen LogP contribution in [0, 0.1) is 6.92 Å². The fraction of sp³-hybridized carbons (Fsp3) is 0.286. The maximum absolute atomic E-state index is 13.2. The van der Waals surface area contributed by atoms with Gasteiger partial charge in [0.05, 0.1) is 47.0 Å². The molecule has 1 N–H and O–H groups in total. The third-order valence-electron chi connectivity index (χ3n) is 5.41. The first-order chi connectivity index (χ1) is 14.9. The molecule has 31 heavy (non-hydrogen) atoms.